The molecule has 1 saturated heterocycles. The molecule has 2 aromatic heterocycles. The van der Waals surface area contributed by atoms with Gasteiger partial charge in [0.05, 0.1) is 4.88 Å². The lowest BCUT2D eigenvalue weighted by Gasteiger charge is -2.40. The molecule has 2 fully saturated rings. The number of thiophene rings is 1. The number of benzene rings is 1. The zero-order valence-electron chi connectivity index (χ0n) is 18.4. The normalized spacial score (nSPS) is 20.8. The van der Waals surface area contributed by atoms with Crippen LogP contribution in [0.3, 0.4) is 0 Å². The molecule has 0 amide bonds. The van der Waals surface area contributed by atoms with Gasteiger partial charge in [0.1, 0.15) is 4.21 Å². The summed E-state index contributed by atoms with van der Waals surface area (Å²) in [5.41, 5.74) is 2.34. The molecule has 0 N–H and O–H groups in total. The maximum atomic E-state index is 13.3. The highest BCUT2D eigenvalue weighted by atomic mass is 32.2. The van der Waals surface area contributed by atoms with Gasteiger partial charge in [-0.2, -0.15) is 4.31 Å². The van der Waals surface area contributed by atoms with Crippen molar-refractivity contribution < 1.29 is 12.8 Å². The summed E-state index contributed by atoms with van der Waals surface area (Å²) < 4.78 is 34.5. The first-order chi connectivity index (χ1) is 15.4. The van der Waals surface area contributed by atoms with E-state index in [0.717, 1.165) is 18.5 Å². The van der Waals surface area contributed by atoms with Crippen LogP contribution in [0.5, 0.6) is 0 Å². The third-order valence-electron chi connectivity index (χ3n) is 6.45. The molecular formula is C23H28N4O3S2. The first-order valence-electron chi connectivity index (χ1n) is 11.2. The highest BCUT2D eigenvalue weighted by Crippen LogP contribution is 2.37. The van der Waals surface area contributed by atoms with Crippen LogP contribution in [0.4, 0.5) is 5.69 Å². The predicted octanol–water partition coefficient (Wildman–Crippen LogP) is 4.66. The van der Waals surface area contributed by atoms with Crippen LogP contribution in [0, 0.1) is 6.92 Å². The topological polar surface area (TPSA) is 79.5 Å². The van der Waals surface area contributed by atoms with Crippen molar-refractivity contribution in [3.8, 4) is 10.8 Å². The Morgan fingerprint density at radius 2 is 1.91 bits per heavy atom. The smallest absolute Gasteiger partial charge is 0.257 e. The summed E-state index contributed by atoms with van der Waals surface area (Å²) in [5, 5.41) is 8.39. The minimum absolute atomic E-state index is 0.0877. The van der Waals surface area contributed by atoms with Crippen molar-refractivity contribution in [3.05, 3.63) is 47.9 Å². The number of sulfonamides is 1. The molecule has 5 rings (SSSR count). The van der Waals surface area contributed by atoms with E-state index < -0.39 is 10.0 Å². The van der Waals surface area contributed by atoms with Crippen molar-refractivity contribution in [2.45, 2.75) is 55.7 Å². The number of hydrogen-bond donors (Lipinski definition) is 0. The molecule has 0 bridgehead atoms. The molecule has 1 atom stereocenters. The Morgan fingerprint density at radius 3 is 2.66 bits per heavy atom. The molecule has 0 spiro atoms. The molecule has 2 aliphatic rings. The number of piperazine rings is 1. The molecular weight excluding hydrogens is 444 g/mol. The van der Waals surface area contributed by atoms with Gasteiger partial charge in [-0.05, 0) is 56.5 Å². The van der Waals surface area contributed by atoms with Crippen LogP contribution >= 0.6 is 11.3 Å². The second-order valence-corrected chi connectivity index (χ2v) is 12.0. The standard InChI is InChI=1S/C23H28N4O3S2/c1-16-6-5-9-19(14-16)27-13-12-26(15-17(27)2)32(28,29)21-11-10-20(31-21)23-25-24-22(30-23)18-7-3-4-8-18/h5-6,9-11,14,17-18H,3-4,7-8,12-13,15H2,1-2H3/t17-/m0/s1. The molecule has 1 saturated carbocycles. The van der Waals surface area contributed by atoms with Crippen molar-refractivity contribution >= 4 is 27.0 Å². The number of rotatable bonds is 5. The van der Waals surface area contributed by atoms with E-state index in [0.29, 0.717) is 46.4 Å². The lowest BCUT2D eigenvalue weighted by Crippen LogP contribution is -2.53. The van der Waals surface area contributed by atoms with E-state index >= 15 is 0 Å². The highest BCUT2D eigenvalue weighted by Gasteiger charge is 2.34. The van der Waals surface area contributed by atoms with Crippen LogP contribution in [0.25, 0.3) is 10.8 Å². The minimum Gasteiger partial charge on any atom is -0.420 e. The number of anilines is 1. The number of aryl methyl sites for hydroxylation is 1. The third kappa shape index (κ3) is 4.09. The summed E-state index contributed by atoms with van der Waals surface area (Å²) in [6, 6.07) is 11.9. The Hall–Kier alpha value is -2.23. The van der Waals surface area contributed by atoms with E-state index in [1.54, 1.807) is 16.4 Å². The molecule has 0 radical (unpaired) electrons. The van der Waals surface area contributed by atoms with Gasteiger partial charge in [0.15, 0.2) is 0 Å². The van der Waals surface area contributed by atoms with Gasteiger partial charge >= 0.3 is 0 Å². The lowest BCUT2D eigenvalue weighted by molar-refractivity contribution is 0.343. The second kappa shape index (κ2) is 8.61. The number of hydrogen-bond acceptors (Lipinski definition) is 7. The van der Waals surface area contributed by atoms with Gasteiger partial charge in [-0.25, -0.2) is 8.42 Å². The summed E-state index contributed by atoms with van der Waals surface area (Å²) in [4.78, 5) is 2.98. The van der Waals surface area contributed by atoms with E-state index in [1.807, 2.05) is 6.07 Å². The summed E-state index contributed by atoms with van der Waals surface area (Å²) in [5.74, 6) is 1.43. The Balaban J connectivity index is 1.31. The Labute approximate surface area is 193 Å². The van der Waals surface area contributed by atoms with Gasteiger partial charge < -0.3 is 9.32 Å². The molecule has 0 unspecified atom stereocenters. The van der Waals surface area contributed by atoms with E-state index in [-0.39, 0.29) is 6.04 Å². The molecule has 7 nitrogen and oxygen atoms in total. The van der Waals surface area contributed by atoms with Crippen LogP contribution in [0.1, 0.15) is 50.0 Å². The van der Waals surface area contributed by atoms with E-state index in [2.05, 4.69) is 47.1 Å². The quantitative estimate of drug-likeness (QED) is 0.537. The van der Waals surface area contributed by atoms with Crippen LogP contribution < -0.4 is 4.90 Å². The van der Waals surface area contributed by atoms with Crippen LogP contribution in [-0.4, -0.2) is 48.6 Å². The van der Waals surface area contributed by atoms with E-state index in [4.69, 9.17) is 4.42 Å². The van der Waals surface area contributed by atoms with Crippen molar-refractivity contribution in [3.63, 3.8) is 0 Å². The molecule has 1 aromatic carbocycles. The molecule has 32 heavy (non-hydrogen) atoms. The highest BCUT2D eigenvalue weighted by molar-refractivity contribution is 7.91. The van der Waals surface area contributed by atoms with Crippen LogP contribution in [0.2, 0.25) is 0 Å². The summed E-state index contributed by atoms with van der Waals surface area (Å²) >= 11 is 1.20. The average molecular weight is 473 g/mol. The van der Waals surface area contributed by atoms with Crippen molar-refractivity contribution in [2.24, 2.45) is 0 Å². The Kier molecular flexibility index (Phi) is 5.81. The predicted molar refractivity (Wildman–Crippen MR) is 126 cm³/mol. The maximum Gasteiger partial charge on any atom is 0.257 e. The SMILES string of the molecule is Cc1cccc(N2CCN(S(=O)(=O)c3ccc(-c4nnc(C5CCCC5)o4)s3)C[C@@H]2C)c1. The largest absolute Gasteiger partial charge is 0.420 e. The van der Waals surface area contributed by atoms with E-state index in [1.165, 1.54) is 29.7 Å². The molecule has 1 aliphatic heterocycles. The Bertz CT molecular complexity index is 1200. The molecule has 3 heterocycles. The third-order valence-corrected chi connectivity index (χ3v) is 9.86. The fourth-order valence-corrected chi connectivity index (χ4v) is 7.60. The fraction of sp³-hybridized carbons (Fsp3) is 0.478. The van der Waals surface area contributed by atoms with Gasteiger partial charge in [-0.3, -0.25) is 0 Å². The van der Waals surface area contributed by atoms with Crippen molar-refractivity contribution in [2.75, 3.05) is 24.5 Å². The summed E-state index contributed by atoms with van der Waals surface area (Å²) in [6.45, 7) is 5.73. The molecule has 9 heteroatoms. The maximum absolute atomic E-state index is 13.3. The lowest BCUT2D eigenvalue weighted by atomic mass is 10.1. The average Bonchev–Trinajstić information content (AvgIpc) is 3.54. The summed E-state index contributed by atoms with van der Waals surface area (Å²) in [6.07, 6.45) is 4.55. The fourth-order valence-electron chi connectivity index (χ4n) is 4.71. The van der Waals surface area contributed by atoms with Crippen molar-refractivity contribution in [1.82, 2.24) is 14.5 Å². The molecule has 3 aromatic rings. The van der Waals surface area contributed by atoms with Gasteiger partial charge in [-0.15, -0.1) is 21.5 Å². The van der Waals surface area contributed by atoms with Gasteiger partial charge in [0.25, 0.3) is 15.9 Å². The molecule has 170 valence electrons. The van der Waals surface area contributed by atoms with Gasteiger partial charge in [-0.1, -0.05) is 25.0 Å². The first-order valence-corrected chi connectivity index (χ1v) is 13.4. The van der Waals surface area contributed by atoms with Crippen molar-refractivity contribution in [1.29, 1.82) is 0 Å². The number of nitrogens with zero attached hydrogens (tertiary/aromatic N) is 4. The zero-order chi connectivity index (χ0) is 22.3. The van der Waals surface area contributed by atoms with Gasteiger partial charge in [0, 0.05) is 37.3 Å². The van der Waals surface area contributed by atoms with Gasteiger partial charge in [0.2, 0.25) is 5.89 Å². The molecule has 1 aliphatic carbocycles. The number of aromatic nitrogens is 2. The second-order valence-electron chi connectivity index (χ2n) is 8.79. The Morgan fingerprint density at radius 1 is 1.09 bits per heavy atom. The van der Waals surface area contributed by atoms with Crippen LogP contribution in [-0.2, 0) is 10.0 Å². The van der Waals surface area contributed by atoms with E-state index in [9.17, 15) is 8.42 Å². The zero-order valence-corrected chi connectivity index (χ0v) is 20.0. The van der Waals surface area contributed by atoms with Crippen LogP contribution in [0.15, 0.2) is 45.0 Å². The first kappa shape index (κ1) is 21.6. The monoisotopic (exact) mass is 472 g/mol. The summed E-state index contributed by atoms with van der Waals surface area (Å²) in [7, 11) is -3.57. The minimum atomic E-state index is -3.57.